The molecule has 0 amide bonds. The van der Waals surface area contributed by atoms with Crippen LogP contribution in [0, 0.1) is 0 Å². The number of carboxylic acids is 1. The standard InChI is InChI=1S/C10H10O4.C10H12O2/c1-7(11)12-5-8-2-3-9-10(4-8)14-6-13-9;11-10(12)8-4-7-9-5-2-1-3-6-9/h2-4H,5-6H2,1H3;1-3,5-6H,4,7-8H2,(H,11,12). The largest absolute Gasteiger partial charge is 0.481 e. The molecule has 0 saturated heterocycles. The van der Waals surface area contributed by atoms with Crippen molar-refractivity contribution < 1.29 is 28.9 Å². The Hall–Kier alpha value is -3.02. The first-order chi connectivity index (χ1) is 12.5. The zero-order valence-corrected chi connectivity index (χ0v) is 14.6. The first kappa shape index (κ1) is 19.3. The maximum Gasteiger partial charge on any atom is 0.303 e. The Morgan fingerprint density at radius 1 is 1.04 bits per heavy atom. The van der Waals surface area contributed by atoms with E-state index < -0.39 is 5.97 Å². The lowest BCUT2D eigenvalue weighted by molar-refractivity contribution is -0.142. The number of aliphatic carboxylic acids is 1. The van der Waals surface area contributed by atoms with Crippen LogP contribution < -0.4 is 9.47 Å². The Balaban J connectivity index is 0.000000190. The van der Waals surface area contributed by atoms with Crippen molar-refractivity contribution in [2.24, 2.45) is 0 Å². The average molecular weight is 358 g/mol. The van der Waals surface area contributed by atoms with E-state index in [-0.39, 0.29) is 25.8 Å². The van der Waals surface area contributed by atoms with Crippen molar-refractivity contribution in [2.75, 3.05) is 6.79 Å². The van der Waals surface area contributed by atoms with Gasteiger partial charge in [0.15, 0.2) is 11.5 Å². The molecule has 1 N–H and O–H groups in total. The van der Waals surface area contributed by atoms with Gasteiger partial charge in [-0.15, -0.1) is 0 Å². The maximum absolute atomic E-state index is 10.6. The van der Waals surface area contributed by atoms with Crippen molar-refractivity contribution in [3.63, 3.8) is 0 Å². The summed E-state index contributed by atoms with van der Waals surface area (Å²) < 4.78 is 15.2. The predicted molar refractivity (Wildman–Crippen MR) is 95.1 cm³/mol. The molecule has 0 spiro atoms. The molecule has 6 nitrogen and oxygen atoms in total. The summed E-state index contributed by atoms with van der Waals surface area (Å²) in [6.07, 6.45) is 1.83. The number of ether oxygens (including phenoxy) is 3. The van der Waals surface area contributed by atoms with E-state index in [9.17, 15) is 9.59 Å². The lowest BCUT2D eigenvalue weighted by Crippen LogP contribution is -1.98. The van der Waals surface area contributed by atoms with Gasteiger partial charge in [-0.25, -0.2) is 0 Å². The van der Waals surface area contributed by atoms with Gasteiger partial charge in [-0.2, -0.15) is 0 Å². The number of rotatable bonds is 6. The zero-order chi connectivity index (χ0) is 18.8. The van der Waals surface area contributed by atoms with Crippen LogP contribution in [0.3, 0.4) is 0 Å². The molecule has 1 aliphatic rings. The van der Waals surface area contributed by atoms with Crippen molar-refractivity contribution in [3.05, 3.63) is 59.7 Å². The molecule has 0 fully saturated rings. The Bertz CT molecular complexity index is 726. The van der Waals surface area contributed by atoms with E-state index in [1.165, 1.54) is 12.5 Å². The second-order valence-electron chi connectivity index (χ2n) is 5.70. The highest BCUT2D eigenvalue weighted by Crippen LogP contribution is 2.32. The van der Waals surface area contributed by atoms with Crippen molar-refractivity contribution >= 4 is 11.9 Å². The fraction of sp³-hybridized carbons (Fsp3) is 0.300. The fourth-order valence-corrected chi connectivity index (χ4v) is 2.30. The number of carbonyl (C=O) groups is 2. The first-order valence-corrected chi connectivity index (χ1v) is 8.32. The highest BCUT2D eigenvalue weighted by atomic mass is 16.7. The minimum Gasteiger partial charge on any atom is -0.481 e. The van der Waals surface area contributed by atoms with Gasteiger partial charge in [0.2, 0.25) is 6.79 Å². The van der Waals surface area contributed by atoms with Gasteiger partial charge in [0, 0.05) is 13.3 Å². The quantitative estimate of drug-likeness (QED) is 0.795. The van der Waals surface area contributed by atoms with Crippen LogP contribution in [-0.2, 0) is 27.4 Å². The highest BCUT2D eigenvalue weighted by Gasteiger charge is 2.13. The number of carboxylic acid groups (broad SMARTS) is 1. The molecule has 6 heteroatoms. The topological polar surface area (TPSA) is 82.1 Å². The average Bonchev–Trinajstić information content (AvgIpc) is 3.09. The Labute approximate surface area is 152 Å². The number of benzene rings is 2. The summed E-state index contributed by atoms with van der Waals surface area (Å²) in [6.45, 7) is 1.91. The van der Waals surface area contributed by atoms with Gasteiger partial charge >= 0.3 is 11.9 Å². The van der Waals surface area contributed by atoms with Crippen molar-refractivity contribution in [3.8, 4) is 11.5 Å². The van der Waals surface area contributed by atoms with Crippen LogP contribution >= 0.6 is 0 Å². The number of hydrogen-bond donors (Lipinski definition) is 1. The highest BCUT2D eigenvalue weighted by molar-refractivity contribution is 5.66. The Morgan fingerprint density at radius 2 is 1.77 bits per heavy atom. The van der Waals surface area contributed by atoms with Gasteiger partial charge in [0.1, 0.15) is 6.61 Å². The molecule has 2 aromatic carbocycles. The van der Waals surface area contributed by atoms with Crippen molar-refractivity contribution in [1.82, 2.24) is 0 Å². The SMILES string of the molecule is CC(=O)OCc1ccc2c(c1)OCO2.O=C(O)CCCc1ccccc1. The molecule has 0 unspecified atom stereocenters. The van der Waals surface area contributed by atoms with Crippen LogP contribution in [0.15, 0.2) is 48.5 Å². The molecule has 138 valence electrons. The Morgan fingerprint density at radius 3 is 2.46 bits per heavy atom. The molecule has 0 radical (unpaired) electrons. The first-order valence-electron chi connectivity index (χ1n) is 8.32. The second-order valence-corrected chi connectivity index (χ2v) is 5.70. The maximum atomic E-state index is 10.6. The lowest BCUT2D eigenvalue weighted by atomic mass is 10.1. The number of aryl methyl sites for hydroxylation is 1. The molecule has 3 rings (SSSR count). The molecule has 0 aliphatic carbocycles. The van der Waals surface area contributed by atoms with Gasteiger partial charge < -0.3 is 19.3 Å². The molecule has 1 aliphatic heterocycles. The van der Waals surface area contributed by atoms with Crippen molar-refractivity contribution in [1.29, 1.82) is 0 Å². The smallest absolute Gasteiger partial charge is 0.303 e. The molecule has 1 heterocycles. The minimum absolute atomic E-state index is 0.256. The number of hydrogen-bond acceptors (Lipinski definition) is 5. The van der Waals surface area contributed by atoms with E-state index in [1.807, 2.05) is 42.5 Å². The number of fused-ring (bicyclic) bond motifs is 1. The summed E-state index contributed by atoms with van der Waals surface area (Å²) >= 11 is 0. The summed E-state index contributed by atoms with van der Waals surface area (Å²) in [4.78, 5) is 20.8. The van der Waals surface area contributed by atoms with Crippen LogP contribution in [-0.4, -0.2) is 23.8 Å². The van der Waals surface area contributed by atoms with Crippen LogP contribution in [0.4, 0.5) is 0 Å². The zero-order valence-electron chi connectivity index (χ0n) is 14.6. The monoisotopic (exact) mass is 358 g/mol. The van der Waals surface area contributed by atoms with Gasteiger partial charge in [-0.1, -0.05) is 36.4 Å². The molecule has 0 bridgehead atoms. The molecular formula is C20H22O6. The van der Waals surface area contributed by atoms with E-state index in [2.05, 4.69) is 0 Å². The van der Waals surface area contributed by atoms with Gasteiger partial charge in [0.05, 0.1) is 0 Å². The van der Waals surface area contributed by atoms with E-state index in [1.54, 1.807) is 6.07 Å². The molecule has 26 heavy (non-hydrogen) atoms. The van der Waals surface area contributed by atoms with Crippen LogP contribution in [0.25, 0.3) is 0 Å². The van der Waals surface area contributed by atoms with Crippen LogP contribution in [0.5, 0.6) is 11.5 Å². The van der Waals surface area contributed by atoms with E-state index in [4.69, 9.17) is 19.3 Å². The number of esters is 1. The normalized spacial score (nSPS) is 11.3. The fourth-order valence-electron chi connectivity index (χ4n) is 2.30. The second kappa shape index (κ2) is 10.1. The molecule has 0 atom stereocenters. The Kier molecular flexibility index (Phi) is 7.49. The van der Waals surface area contributed by atoms with Crippen molar-refractivity contribution in [2.45, 2.75) is 32.8 Å². The van der Waals surface area contributed by atoms with E-state index in [0.717, 1.165) is 24.2 Å². The summed E-state index contributed by atoms with van der Waals surface area (Å²) in [6, 6.07) is 15.4. The molecule has 0 aromatic heterocycles. The summed E-state index contributed by atoms with van der Waals surface area (Å²) in [5, 5.41) is 8.39. The number of carbonyl (C=O) groups excluding carboxylic acids is 1. The summed E-state index contributed by atoms with van der Waals surface area (Å²) in [5.74, 6) is 0.430. The molecule has 0 saturated carbocycles. The summed E-state index contributed by atoms with van der Waals surface area (Å²) in [5.41, 5.74) is 2.10. The third-order valence-corrected chi connectivity index (χ3v) is 3.58. The van der Waals surface area contributed by atoms with Gasteiger partial charge in [-0.3, -0.25) is 9.59 Å². The molecule has 2 aromatic rings. The van der Waals surface area contributed by atoms with Gasteiger partial charge in [-0.05, 0) is 36.1 Å². The van der Waals surface area contributed by atoms with E-state index in [0.29, 0.717) is 5.75 Å². The summed E-state index contributed by atoms with van der Waals surface area (Å²) in [7, 11) is 0. The minimum atomic E-state index is -0.717. The third-order valence-electron chi connectivity index (χ3n) is 3.58. The van der Waals surface area contributed by atoms with E-state index >= 15 is 0 Å². The molecular weight excluding hydrogens is 336 g/mol. The third kappa shape index (κ3) is 6.84. The predicted octanol–water partition coefficient (Wildman–Crippen LogP) is 3.57. The van der Waals surface area contributed by atoms with Crippen LogP contribution in [0.2, 0.25) is 0 Å². The van der Waals surface area contributed by atoms with Gasteiger partial charge in [0.25, 0.3) is 0 Å². The van der Waals surface area contributed by atoms with Crippen LogP contribution in [0.1, 0.15) is 30.9 Å². The lowest BCUT2D eigenvalue weighted by Gasteiger charge is -2.02.